The zero-order valence-corrected chi connectivity index (χ0v) is 17.9. The number of nitrogens with zero attached hydrogens (tertiary/aromatic N) is 2. The monoisotopic (exact) mass is 444 g/mol. The first-order valence-corrected chi connectivity index (χ1v) is 9.57. The van der Waals surface area contributed by atoms with E-state index >= 15 is 0 Å². The lowest BCUT2D eigenvalue weighted by molar-refractivity contribution is -0.858. The number of quaternary nitrogens is 1. The summed E-state index contributed by atoms with van der Waals surface area (Å²) in [6, 6.07) is 7.15. The fourth-order valence-corrected chi connectivity index (χ4v) is 3.04. The topological polar surface area (TPSA) is 84.8 Å². The molecule has 3 rings (SSSR count). The van der Waals surface area contributed by atoms with Crippen LogP contribution in [0.25, 0.3) is 0 Å². The number of cyclic esters (lactones) is 2. The van der Waals surface area contributed by atoms with Gasteiger partial charge in [0.05, 0.1) is 33.7 Å². The van der Waals surface area contributed by atoms with Crippen LogP contribution in [0.5, 0.6) is 0 Å². The van der Waals surface area contributed by atoms with E-state index < -0.39 is 6.09 Å². The van der Waals surface area contributed by atoms with Crippen LogP contribution in [0.4, 0.5) is 21.0 Å². The standard InChI is InChI=1S/C18H24N4O5S.ClH/c1-20(2)7-9-25-16(28)19-11-15-12-22(18(24)27-15)14-5-3-13(4-6-14)21-8-10-26-17(21)23;/h3-6,15H,7-12H2,1-2H3,(H,19,28);1H/t15-;/m0./s1. The Bertz CT molecular complexity index is 733. The quantitative estimate of drug-likeness (QED) is 0.434. The number of likely N-dealkylation sites (N-methyl/N-ethyl adjacent to an activating group) is 1. The number of benzene rings is 1. The van der Waals surface area contributed by atoms with Crippen molar-refractivity contribution in [2.75, 3.05) is 63.3 Å². The van der Waals surface area contributed by atoms with Crippen LogP contribution in [0, 0.1) is 0 Å². The van der Waals surface area contributed by atoms with Crippen molar-refractivity contribution in [2.24, 2.45) is 0 Å². The molecule has 1 aromatic rings. The van der Waals surface area contributed by atoms with Gasteiger partial charge in [-0.2, -0.15) is 0 Å². The van der Waals surface area contributed by atoms with Crippen LogP contribution in [0.15, 0.2) is 24.3 Å². The number of thiocarbonyl (C=S) groups is 1. The van der Waals surface area contributed by atoms with Crippen LogP contribution in [0.2, 0.25) is 0 Å². The summed E-state index contributed by atoms with van der Waals surface area (Å²) in [5.41, 5.74) is 1.44. The highest BCUT2D eigenvalue weighted by atomic mass is 35.5. The van der Waals surface area contributed by atoms with Crippen molar-refractivity contribution in [2.45, 2.75) is 6.10 Å². The molecule has 2 aliphatic rings. The van der Waals surface area contributed by atoms with Crippen LogP contribution in [0.1, 0.15) is 0 Å². The first-order valence-electron chi connectivity index (χ1n) is 9.16. The molecule has 2 saturated heterocycles. The molecule has 160 valence electrons. The number of anilines is 2. The average molecular weight is 445 g/mol. The Hall–Kier alpha value is -2.30. The van der Waals surface area contributed by atoms with Crippen LogP contribution >= 0.6 is 12.2 Å². The number of rotatable bonds is 7. The molecule has 2 heterocycles. The maximum Gasteiger partial charge on any atom is 0.414 e. The molecule has 1 atom stereocenters. The van der Waals surface area contributed by atoms with E-state index in [0.717, 1.165) is 12.2 Å². The fraction of sp³-hybridized carbons (Fsp3) is 0.500. The van der Waals surface area contributed by atoms with Gasteiger partial charge >= 0.3 is 12.2 Å². The van der Waals surface area contributed by atoms with E-state index in [4.69, 9.17) is 26.4 Å². The summed E-state index contributed by atoms with van der Waals surface area (Å²) < 4.78 is 15.8. The number of amides is 2. The Balaban J connectivity index is 0.00000300. The van der Waals surface area contributed by atoms with Gasteiger partial charge in [0.25, 0.3) is 5.17 Å². The third-order valence-corrected chi connectivity index (χ3v) is 4.68. The third kappa shape index (κ3) is 6.09. The molecule has 2 aliphatic heterocycles. The van der Waals surface area contributed by atoms with Crippen molar-refractivity contribution in [3.05, 3.63) is 24.3 Å². The van der Waals surface area contributed by atoms with E-state index in [1.165, 1.54) is 4.90 Å². The molecule has 11 heteroatoms. The predicted octanol–water partition coefficient (Wildman–Crippen LogP) is -2.99. The predicted molar refractivity (Wildman–Crippen MR) is 107 cm³/mol. The Morgan fingerprint density at radius 1 is 1.21 bits per heavy atom. The summed E-state index contributed by atoms with van der Waals surface area (Å²) >= 11 is 5.13. The molecule has 0 saturated carbocycles. The van der Waals surface area contributed by atoms with Crippen LogP contribution in [-0.4, -0.2) is 77.0 Å². The SMILES string of the molecule is C[NH+](C)CCOC(=S)NC[C@H]1CN(c2ccc(N3CCOC3=O)cc2)C(=O)O1.[Cl-]. The van der Waals surface area contributed by atoms with Gasteiger partial charge in [-0.25, -0.2) is 9.59 Å². The number of carbonyl (C=O) groups excluding carboxylic acids is 2. The zero-order valence-electron chi connectivity index (χ0n) is 16.4. The molecule has 9 nitrogen and oxygen atoms in total. The second-order valence-electron chi connectivity index (χ2n) is 6.87. The van der Waals surface area contributed by atoms with Crippen molar-refractivity contribution in [3.8, 4) is 0 Å². The van der Waals surface area contributed by atoms with Crippen molar-refractivity contribution < 1.29 is 41.1 Å². The van der Waals surface area contributed by atoms with Gasteiger partial charge in [0.2, 0.25) is 0 Å². The van der Waals surface area contributed by atoms with Crippen molar-refractivity contribution >= 4 is 41.0 Å². The van der Waals surface area contributed by atoms with Crippen LogP contribution < -0.4 is 32.4 Å². The molecule has 0 aliphatic carbocycles. The van der Waals surface area contributed by atoms with Crippen LogP contribution in [-0.2, 0) is 14.2 Å². The number of carbonyl (C=O) groups is 2. The van der Waals surface area contributed by atoms with Crippen molar-refractivity contribution in [1.29, 1.82) is 0 Å². The smallest absolute Gasteiger partial charge is 0.414 e. The summed E-state index contributed by atoms with van der Waals surface area (Å²) in [6.07, 6.45) is -1.10. The summed E-state index contributed by atoms with van der Waals surface area (Å²) in [5, 5.41) is 3.28. The first kappa shape index (κ1) is 23.0. The Labute approximate surface area is 181 Å². The molecule has 0 radical (unpaired) electrons. The molecule has 0 aromatic heterocycles. The maximum atomic E-state index is 12.2. The van der Waals surface area contributed by atoms with E-state index in [1.54, 1.807) is 34.1 Å². The molecule has 0 spiro atoms. The van der Waals surface area contributed by atoms with Gasteiger partial charge in [-0.1, -0.05) is 0 Å². The number of nitrogens with one attached hydrogen (secondary N) is 2. The molecule has 2 fully saturated rings. The molecule has 2 N–H and O–H groups in total. The molecule has 0 bridgehead atoms. The van der Waals surface area contributed by atoms with Gasteiger partial charge < -0.3 is 36.8 Å². The summed E-state index contributed by atoms with van der Waals surface area (Å²) in [7, 11) is 4.07. The molecule has 0 unspecified atom stereocenters. The Morgan fingerprint density at radius 2 is 1.86 bits per heavy atom. The minimum Gasteiger partial charge on any atom is -1.00 e. The molecular weight excluding hydrogens is 420 g/mol. The first-order chi connectivity index (χ1) is 13.4. The summed E-state index contributed by atoms with van der Waals surface area (Å²) in [4.78, 5) is 28.2. The summed E-state index contributed by atoms with van der Waals surface area (Å²) in [6.45, 7) is 3.07. The highest BCUT2D eigenvalue weighted by molar-refractivity contribution is 7.80. The van der Waals surface area contributed by atoms with Gasteiger partial charge in [0.1, 0.15) is 25.9 Å². The number of hydrogen-bond donors (Lipinski definition) is 2. The number of hydrogen-bond acceptors (Lipinski definition) is 6. The van der Waals surface area contributed by atoms with Gasteiger partial charge in [-0.15, -0.1) is 0 Å². The Morgan fingerprint density at radius 3 is 2.45 bits per heavy atom. The highest BCUT2D eigenvalue weighted by Gasteiger charge is 2.32. The lowest BCUT2D eigenvalue weighted by Crippen LogP contribution is -3.06. The van der Waals surface area contributed by atoms with Gasteiger partial charge in [-0.3, -0.25) is 9.80 Å². The van der Waals surface area contributed by atoms with E-state index in [1.807, 2.05) is 14.1 Å². The van der Waals surface area contributed by atoms with Gasteiger partial charge in [-0.05, 0) is 36.5 Å². The minimum atomic E-state index is -0.414. The summed E-state index contributed by atoms with van der Waals surface area (Å²) in [5.74, 6) is 0. The largest absolute Gasteiger partial charge is 1.00 e. The number of halogens is 1. The van der Waals surface area contributed by atoms with E-state index in [0.29, 0.717) is 43.7 Å². The zero-order chi connectivity index (χ0) is 20.1. The van der Waals surface area contributed by atoms with Crippen molar-refractivity contribution in [3.63, 3.8) is 0 Å². The molecule has 29 heavy (non-hydrogen) atoms. The molecular formula is C18H25ClN4O5S. The molecule has 1 aromatic carbocycles. The van der Waals surface area contributed by atoms with Gasteiger partial charge in [0.15, 0.2) is 0 Å². The lowest BCUT2D eigenvalue weighted by atomic mass is 10.2. The Kier molecular flexibility index (Phi) is 8.30. The molecule has 2 amide bonds. The maximum absolute atomic E-state index is 12.2. The third-order valence-electron chi connectivity index (χ3n) is 4.42. The normalized spacial score (nSPS) is 18.4. The van der Waals surface area contributed by atoms with E-state index in [-0.39, 0.29) is 24.6 Å². The van der Waals surface area contributed by atoms with E-state index in [2.05, 4.69) is 5.32 Å². The minimum absolute atomic E-state index is 0. The number of ether oxygens (including phenoxy) is 3. The van der Waals surface area contributed by atoms with E-state index in [9.17, 15) is 9.59 Å². The van der Waals surface area contributed by atoms with Gasteiger partial charge in [0, 0.05) is 11.4 Å². The second kappa shape index (κ2) is 10.5. The van der Waals surface area contributed by atoms with Crippen LogP contribution in [0.3, 0.4) is 0 Å². The lowest BCUT2D eigenvalue weighted by Gasteiger charge is -2.16. The average Bonchev–Trinajstić information content (AvgIpc) is 3.25. The fourth-order valence-electron chi connectivity index (χ4n) is 2.88. The second-order valence-corrected chi connectivity index (χ2v) is 7.24. The van der Waals surface area contributed by atoms with Crippen molar-refractivity contribution in [1.82, 2.24) is 5.32 Å². The highest BCUT2D eigenvalue weighted by Crippen LogP contribution is 2.26.